The molecule has 1 aliphatic heterocycles. The van der Waals surface area contributed by atoms with Gasteiger partial charge in [0.05, 0.1) is 17.9 Å². The van der Waals surface area contributed by atoms with Gasteiger partial charge in [0.15, 0.2) is 11.6 Å². The molecule has 2 rings (SSSR count). The first-order valence-corrected chi connectivity index (χ1v) is 5.51. The lowest BCUT2D eigenvalue weighted by Crippen LogP contribution is -2.25. The highest BCUT2D eigenvalue weighted by Gasteiger charge is 2.33. The van der Waals surface area contributed by atoms with Gasteiger partial charge < -0.3 is 0 Å². The molecule has 0 unspecified atom stereocenters. The van der Waals surface area contributed by atoms with Gasteiger partial charge in [-0.1, -0.05) is 0 Å². The van der Waals surface area contributed by atoms with Crippen molar-refractivity contribution < 1.29 is 19.3 Å². The topological polar surface area (TPSA) is 97.6 Å². The van der Waals surface area contributed by atoms with Crippen molar-refractivity contribution in [1.82, 2.24) is 0 Å². The number of nitrogens with zero attached hydrogens (tertiary/aromatic N) is 2. The van der Waals surface area contributed by atoms with Gasteiger partial charge in [-0.2, -0.15) is 0 Å². The number of anilines is 1. The highest BCUT2D eigenvalue weighted by molar-refractivity contribution is 6.16. The Morgan fingerprint density at radius 2 is 2.05 bits per heavy atom. The highest BCUT2D eigenvalue weighted by atomic mass is 16.6. The van der Waals surface area contributed by atoms with Crippen LogP contribution in [0.25, 0.3) is 0 Å². The summed E-state index contributed by atoms with van der Waals surface area (Å²) in [5.41, 5.74) is -0.116. The quantitative estimate of drug-likeness (QED) is 0.351. The molecule has 1 fully saturated rings. The summed E-state index contributed by atoms with van der Waals surface area (Å²) in [5, 5.41) is 11.0. The zero-order valence-corrected chi connectivity index (χ0v) is 10.1. The van der Waals surface area contributed by atoms with Crippen molar-refractivity contribution in [1.29, 1.82) is 0 Å². The van der Waals surface area contributed by atoms with Crippen molar-refractivity contribution in [3.63, 3.8) is 0 Å². The third-order valence-corrected chi connectivity index (χ3v) is 2.85. The SMILES string of the molecule is CC(=O)c1ccc(N2CC(=O)CC2=O)c([N+](=O)[O-])c1. The van der Waals surface area contributed by atoms with Crippen molar-refractivity contribution in [2.24, 2.45) is 0 Å². The molecule has 0 saturated carbocycles. The van der Waals surface area contributed by atoms with Gasteiger partial charge in [-0.25, -0.2) is 0 Å². The second kappa shape index (κ2) is 4.60. The monoisotopic (exact) mass is 262 g/mol. The largest absolute Gasteiger partial charge is 0.299 e. The van der Waals surface area contributed by atoms with E-state index < -0.39 is 10.8 Å². The van der Waals surface area contributed by atoms with E-state index in [0.29, 0.717) is 0 Å². The van der Waals surface area contributed by atoms with E-state index in [2.05, 4.69) is 0 Å². The summed E-state index contributed by atoms with van der Waals surface area (Å²) >= 11 is 0. The average molecular weight is 262 g/mol. The summed E-state index contributed by atoms with van der Waals surface area (Å²) in [7, 11) is 0. The van der Waals surface area contributed by atoms with Crippen LogP contribution >= 0.6 is 0 Å². The first-order chi connectivity index (χ1) is 8.90. The Hall–Kier alpha value is -2.57. The second-order valence-corrected chi connectivity index (χ2v) is 4.21. The lowest BCUT2D eigenvalue weighted by atomic mass is 10.1. The number of Topliss-reactive ketones (excluding diaryl/α,β-unsaturated/α-hetero) is 2. The van der Waals surface area contributed by atoms with Crippen LogP contribution in [0.4, 0.5) is 11.4 Å². The van der Waals surface area contributed by atoms with E-state index in [1.165, 1.54) is 19.1 Å². The molecule has 0 aliphatic carbocycles. The minimum Gasteiger partial charge on any atom is -0.299 e. The molecule has 1 saturated heterocycles. The second-order valence-electron chi connectivity index (χ2n) is 4.21. The third-order valence-electron chi connectivity index (χ3n) is 2.85. The number of hydrogen-bond donors (Lipinski definition) is 0. The van der Waals surface area contributed by atoms with E-state index >= 15 is 0 Å². The van der Waals surface area contributed by atoms with Crippen LogP contribution in [0.5, 0.6) is 0 Å². The molecule has 1 aliphatic rings. The van der Waals surface area contributed by atoms with Gasteiger partial charge in [0.25, 0.3) is 5.69 Å². The molecule has 1 aromatic carbocycles. The molecule has 7 nitrogen and oxygen atoms in total. The molecular weight excluding hydrogens is 252 g/mol. The fourth-order valence-electron chi connectivity index (χ4n) is 1.92. The maximum absolute atomic E-state index is 11.6. The van der Waals surface area contributed by atoms with Gasteiger partial charge in [-0.05, 0) is 19.1 Å². The Balaban J connectivity index is 2.51. The molecule has 1 aromatic rings. The van der Waals surface area contributed by atoms with Gasteiger partial charge in [0.2, 0.25) is 5.91 Å². The van der Waals surface area contributed by atoms with Crippen LogP contribution < -0.4 is 4.90 Å². The van der Waals surface area contributed by atoms with E-state index in [9.17, 15) is 24.5 Å². The van der Waals surface area contributed by atoms with Crippen molar-refractivity contribution >= 4 is 28.8 Å². The van der Waals surface area contributed by atoms with Gasteiger partial charge >= 0.3 is 0 Å². The molecule has 7 heteroatoms. The highest BCUT2D eigenvalue weighted by Crippen LogP contribution is 2.31. The smallest absolute Gasteiger partial charge is 0.293 e. The lowest BCUT2D eigenvalue weighted by molar-refractivity contribution is -0.384. The molecule has 98 valence electrons. The summed E-state index contributed by atoms with van der Waals surface area (Å²) in [6.45, 7) is 1.13. The fourth-order valence-corrected chi connectivity index (χ4v) is 1.92. The maximum Gasteiger partial charge on any atom is 0.293 e. The van der Waals surface area contributed by atoms with E-state index in [1.54, 1.807) is 0 Å². The van der Waals surface area contributed by atoms with Crippen molar-refractivity contribution in [2.45, 2.75) is 13.3 Å². The van der Waals surface area contributed by atoms with Crippen molar-refractivity contribution in [3.8, 4) is 0 Å². The normalized spacial score (nSPS) is 14.9. The zero-order valence-electron chi connectivity index (χ0n) is 10.1. The summed E-state index contributed by atoms with van der Waals surface area (Å²) < 4.78 is 0. The molecule has 1 heterocycles. The lowest BCUT2D eigenvalue weighted by Gasteiger charge is -2.15. The van der Waals surface area contributed by atoms with E-state index in [-0.39, 0.29) is 41.5 Å². The van der Waals surface area contributed by atoms with Gasteiger partial charge in [0.1, 0.15) is 5.69 Å². The van der Waals surface area contributed by atoms with Crippen LogP contribution in [-0.4, -0.2) is 28.9 Å². The van der Waals surface area contributed by atoms with Gasteiger partial charge in [-0.3, -0.25) is 29.4 Å². The van der Waals surface area contributed by atoms with Crippen molar-refractivity contribution in [3.05, 3.63) is 33.9 Å². The van der Waals surface area contributed by atoms with Crippen LogP contribution in [0.1, 0.15) is 23.7 Å². The Bertz CT molecular complexity index is 608. The average Bonchev–Trinajstić information content (AvgIpc) is 2.67. The molecule has 0 spiro atoms. The summed E-state index contributed by atoms with van der Waals surface area (Å²) in [6.07, 6.45) is -0.244. The number of hydrogen-bond acceptors (Lipinski definition) is 5. The Kier molecular flexibility index (Phi) is 3.12. The number of benzene rings is 1. The predicted molar refractivity (Wildman–Crippen MR) is 65.1 cm³/mol. The van der Waals surface area contributed by atoms with Gasteiger partial charge in [-0.15, -0.1) is 0 Å². The van der Waals surface area contributed by atoms with Gasteiger partial charge in [0, 0.05) is 11.6 Å². The van der Waals surface area contributed by atoms with Crippen LogP contribution in [-0.2, 0) is 9.59 Å². The first kappa shape index (κ1) is 12.9. The number of carbonyl (C=O) groups excluding carboxylic acids is 3. The molecule has 0 radical (unpaired) electrons. The molecule has 0 N–H and O–H groups in total. The van der Waals surface area contributed by atoms with Crippen LogP contribution in [0.2, 0.25) is 0 Å². The Morgan fingerprint density at radius 1 is 1.37 bits per heavy atom. The summed E-state index contributed by atoms with van der Waals surface area (Å²) in [5.74, 6) is -1.06. The Morgan fingerprint density at radius 3 is 2.53 bits per heavy atom. The minimum absolute atomic E-state index is 0.0471. The fraction of sp³-hybridized carbons (Fsp3) is 0.250. The molecule has 1 amide bonds. The standard InChI is InChI=1S/C12H10N2O5/c1-7(15)8-2-3-10(11(4-8)14(18)19)13-6-9(16)5-12(13)17/h2-4H,5-6H2,1H3. The number of amides is 1. The third kappa shape index (κ3) is 2.35. The van der Waals surface area contributed by atoms with Crippen LogP contribution in [0, 0.1) is 10.1 Å². The van der Waals surface area contributed by atoms with Crippen LogP contribution in [0.3, 0.4) is 0 Å². The van der Waals surface area contributed by atoms with Crippen molar-refractivity contribution in [2.75, 3.05) is 11.4 Å². The number of carbonyl (C=O) groups is 3. The van der Waals surface area contributed by atoms with E-state index in [1.807, 2.05) is 0 Å². The molecular formula is C12H10N2O5. The minimum atomic E-state index is -0.669. The summed E-state index contributed by atoms with van der Waals surface area (Å²) in [6, 6.07) is 3.85. The molecule has 19 heavy (non-hydrogen) atoms. The molecule has 0 bridgehead atoms. The van der Waals surface area contributed by atoms with Crippen LogP contribution in [0.15, 0.2) is 18.2 Å². The number of ketones is 2. The molecule has 0 aromatic heterocycles. The maximum atomic E-state index is 11.6. The zero-order chi connectivity index (χ0) is 14.2. The number of rotatable bonds is 3. The predicted octanol–water partition coefficient (Wildman–Crippen LogP) is 1.10. The number of nitro groups is 1. The number of nitro benzene ring substituents is 1. The first-order valence-electron chi connectivity index (χ1n) is 5.51. The Labute approximate surface area is 108 Å². The van der Waals surface area contributed by atoms with E-state index in [4.69, 9.17) is 0 Å². The van der Waals surface area contributed by atoms with E-state index in [0.717, 1.165) is 11.0 Å². The molecule has 0 atom stereocenters. The summed E-state index contributed by atoms with van der Waals surface area (Å²) in [4.78, 5) is 45.4.